The smallest absolute Gasteiger partial charge is 0.255 e. The molecule has 0 aliphatic carbocycles. The van der Waals surface area contributed by atoms with Crippen LogP contribution in [0.5, 0.6) is 5.75 Å². The van der Waals surface area contributed by atoms with Crippen molar-refractivity contribution in [3.63, 3.8) is 0 Å². The lowest BCUT2D eigenvalue weighted by Gasteiger charge is -2.06. The highest BCUT2D eigenvalue weighted by molar-refractivity contribution is 6.06. The van der Waals surface area contributed by atoms with Crippen LogP contribution in [0, 0.1) is 0 Å². The summed E-state index contributed by atoms with van der Waals surface area (Å²) in [6.07, 6.45) is 1.66. The minimum Gasteiger partial charge on any atom is -0.506 e. The fourth-order valence-electron chi connectivity index (χ4n) is 1.86. The number of aromatic hydroxyl groups is 1. The van der Waals surface area contributed by atoms with Crippen LogP contribution in [0.3, 0.4) is 0 Å². The number of hydrogen-bond donors (Lipinski definition) is 3. The molecule has 0 spiro atoms. The van der Waals surface area contributed by atoms with Crippen LogP contribution in [0.4, 0.5) is 5.69 Å². The Morgan fingerprint density at radius 2 is 2.05 bits per heavy atom. The van der Waals surface area contributed by atoms with Gasteiger partial charge in [-0.3, -0.25) is 9.89 Å². The van der Waals surface area contributed by atoms with E-state index in [4.69, 9.17) is 0 Å². The molecule has 0 aliphatic heterocycles. The van der Waals surface area contributed by atoms with Gasteiger partial charge in [0.15, 0.2) is 0 Å². The summed E-state index contributed by atoms with van der Waals surface area (Å²) in [4.78, 5) is 12.1. The van der Waals surface area contributed by atoms with E-state index in [2.05, 4.69) is 15.5 Å². The van der Waals surface area contributed by atoms with Gasteiger partial charge in [0.25, 0.3) is 5.91 Å². The predicted molar refractivity (Wildman–Crippen MR) is 72.2 cm³/mol. The highest BCUT2D eigenvalue weighted by Crippen LogP contribution is 2.22. The van der Waals surface area contributed by atoms with Gasteiger partial charge in [-0.1, -0.05) is 12.1 Å². The minimum atomic E-state index is -0.274. The summed E-state index contributed by atoms with van der Waals surface area (Å²) in [5.74, 6) is -0.232. The van der Waals surface area contributed by atoms with E-state index in [-0.39, 0.29) is 11.7 Å². The molecule has 0 bridgehead atoms. The zero-order valence-corrected chi connectivity index (χ0v) is 9.92. The number of phenols is 1. The first-order valence-corrected chi connectivity index (χ1v) is 5.76. The van der Waals surface area contributed by atoms with Crippen LogP contribution in [-0.4, -0.2) is 21.2 Å². The molecule has 0 fully saturated rings. The molecule has 3 N–H and O–H groups in total. The number of aromatic nitrogens is 2. The summed E-state index contributed by atoms with van der Waals surface area (Å²) in [6, 6.07) is 11.8. The number of para-hydroxylation sites is 2. The number of rotatable bonds is 2. The Morgan fingerprint density at radius 1 is 1.21 bits per heavy atom. The van der Waals surface area contributed by atoms with Gasteiger partial charge in [0.05, 0.1) is 17.4 Å². The molecular weight excluding hydrogens is 242 g/mol. The van der Waals surface area contributed by atoms with Crippen LogP contribution >= 0.6 is 0 Å². The van der Waals surface area contributed by atoms with Gasteiger partial charge in [-0.25, -0.2) is 0 Å². The first-order chi connectivity index (χ1) is 9.24. The summed E-state index contributed by atoms with van der Waals surface area (Å²) in [6.45, 7) is 0. The number of benzene rings is 2. The van der Waals surface area contributed by atoms with Gasteiger partial charge in [0.1, 0.15) is 5.75 Å². The van der Waals surface area contributed by atoms with Crippen molar-refractivity contribution in [3.05, 3.63) is 54.2 Å². The largest absolute Gasteiger partial charge is 0.506 e. The van der Waals surface area contributed by atoms with Crippen molar-refractivity contribution in [2.75, 3.05) is 5.32 Å². The standard InChI is InChI=1S/C14H11N3O2/c18-13-4-2-1-3-12(13)16-14(19)9-5-6-11-10(7-9)8-15-17-11/h1-8,18H,(H,15,17)(H,16,19). The van der Waals surface area contributed by atoms with Crippen molar-refractivity contribution in [1.29, 1.82) is 0 Å². The monoisotopic (exact) mass is 253 g/mol. The van der Waals surface area contributed by atoms with Crippen molar-refractivity contribution in [3.8, 4) is 5.75 Å². The lowest BCUT2D eigenvalue weighted by molar-refractivity contribution is 0.102. The number of carbonyl (C=O) groups excluding carboxylic acids is 1. The number of H-pyrrole nitrogens is 1. The van der Waals surface area contributed by atoms with E-state index < -0.39 is 0 Å². The van der Waals surface area contributed by atoms with Gasteiger partial charge in [0.2, 0.25) is 0 Å². The number of nitrogens with one attached hydrogen (secondary N) is 2. The van der Waals surface area contributed by atoms with Crippen LogP contribution in [0.2, 0.25) is 0 Å². The maximum absolute atomic E-state index is 12.1. The minimum absolute atomic E-state index is 0.0419. The highest BCUT2D eigenvalue weighted by atomic mass is 16.3. The molecule has 5 heteroatoms. The lowest BCUT2D eigenvalue weighted by Crippen LogP contribution is -2.11. The van der Waals surface area contributed by atoms with E-state index >= 15 is 0 Å². The number of phenolic OH excluding ortho intramolecular Hbond substituents is 1. The van der Waals surface area contributed by atoms with Crippen molar-refractivity contribution in [1.82, 2.24) is 10.2 Å². The molecule has 5 nitrogen and oxygen atoms in total. The summed E-state index contributed by atoms with van der Waals surface area (Å²) >= 11 is 0. The predicted octanol–water partition coefficient (Wildman–Crippen LogP) is 2.52. The van der Waals surface area contributed by atoms with Gasteiger partial charge in [0, 0.05) is 10.9 Å². The van der Waals surface area contributed by atoms with Gasteiger partial charge < -0.3 is 10.4 Å². The molecule has 0 unspecified atom stereocenters. The first-order valence-electron chi connectivity index (χ1n) is 5.76. The third-order valence-electron chi connectivity index (χ3n) is 2.85. The van der Waals surface area contributed by atoms with Crippen molar-refractivity contribution < 1.29 is 9.90 Å². The molecule has 3 aromatic rings. The van der Waals surface area contributed by atoms with Gasteiger partial charge in [-0.05, 0) is 30.3 Å². The summed E-state index contributed by atoms with van der Waals surface area (Å²) in [7, 11) is 0. The van der Waals surface area contributed by atoms with Crippen molar-refractivity contribution in [2.24, 2.45) is 0 Å². The SMILES string of the molecule is O=C(Nc1ccccc1O)c1ccc2[nH]ncc2c1. The number of carbonyl (C=O) groups is 1. The van der Waals surface area contributed by atoms with Crippen LogP contribution < -0.4 is 5.32 Å². The Bertz CT molecular complexity index is 749. The quantitative estimate of drug-likeness (QED) is 0.614. The zero-order valence-electron chi connectivity index (χ0n) is 9.92. The molecule has 19 heavy (non-hydrogen) atoms. The number of anilines is 1. The molecular formula is C14H11N3O2. The fourth-order valence-corrected chi connectivity index (χ4v) is 1.86. The van der Waals surface area contributed by atoms with E-state index in [1.165, 1.54) is 6.07 Å². The lowest BCUT2D eigenvalue weighted by atomic mass is 10.1. The summed E-state index contributed by atoms with van der Waals surface area (Å²) in [5, 5.41) is 19.9. The number of amides is 1. The molecule has 0 radical (unpaired) electrons. The van der Waals surface area contributed by atoms with E-state index in [1.807, 2.05) is 0 Å². The Hall–Kier alpha value is -2.82. The maximum Gasteiger partial charge on any atom is 0.255 e. The Balaban J connectivity index is 1.89. The molecule has 0 aliphatic rings. The zero-order chi connectivity index (χ0) is 13.2. The van der Waals surface area contributed by atoms with Crippen LogP contribution in [0.15, 0.2) is 48.7 Å². The number of nitrogens with zero attached hydrogens (tertiary/aromatic N) is 1. The normalized spacial score (nSPS) is 10.5. The molecule has 94 valence electrons. The van der Waals surface area contributed by atoms with Crippen LogP contribution in [0.1, 0.15) is 10.4 Å². The van der Waals surface area contributed by atoms with Gasteiger partial charge in [-0.15, -0.1) is 0 Å². The fraction of sp³-hybridized carbons (Fsp3) is 0. The highest BCUT2D eigenvalue weighted by Gasteiger charge is 2.09. The Kier molecular flexibility index (Phi) is 2.64. The number of fused-ring (bicyclic) bond motifs is 1. The average Bonchev–Trinajstić information content (AvgIpc) is 2.88. The topological polar surface area (TPSA) is 78.0 Å². The maximum atomic E-state index is 12.1. The van der Waals surface area contributed by atoms with Crippen molar-refractivity contribution in [2.45, 2.75) is 0 Å². The third-order valence-corrected chi connectivity index (χ3v) is 2.85. The number of hydrogen-bond acceptors (Lipinski definition) is 3. The molecule has 0 atom stereocenters. The number of aromatic amines is 1. The molecule has 2 aromatic carbocycles. The second kappa shape index (κ2) is 4.45. The van der Waals surface area contributed by atoms with E-state index in [0.29, 0.717) is 11.3 Å². The summed E-state index contributed by atoms with van der Waals surface area (Å²) < 4.78 is 0. The molecule has 1 heterocycles. The Labute approximate surface area is 108 Å². The second-order valence-corrected chi connectivity index (χ2v) is 4.14. The molecule has 1 amide bonds. The van der Waals surface area contributed by atoms with E-state index in [9.17, 15) is 9.90 Å². The van der Waals surface area contributed by atoms with Gasteiger partial charge >= 0.3 is 0 Å². The van der Waals surface area contributed by atoms with Crippen LogP contribution in [0.25, 0.3) is 10.9 Å². The second-order valence-electron chi connectivity index (χ2n) is 4.14. The molecule has 0 saturated carbocycles. The van der Waals surface area contributed by atoms with E-state index in [0.717, 1.165) is 10.9 Å². The third kappa shape index (κ3) is 2.13. The Morgan fingerprint density at radius 3 is 2.89 bits per heavy atom. The molecule has 1 aromatic heterocycles. The van der Waals surface area contributed by atoms with Crippen LogP contribution in [-0.2, 0) is 0 Å². The van der Waals surface area contributed by atoms with Gasteiger partial charge in [-0.2, -0.15) is 5.10 Å². The summed E-state index contributed by atoms with van der Waals surface area (Å²) in [5.41, 5.74) is 1.77. The van der Waals surface area contributed by atoms with E-state index in [1.54, 1.807) is 42.6 Å². The van der Waals surface area contributed by atoms with Crippen molar-refractivity contribution >= 4 is 22.5 Å². The molecule has 3 rings (SSSR count). The first kappa shape index (κ1) is 11.3. The molecule has 0 saturated heterocycles. The average molecular weight is 253 g/mol.